The maximum absolute atomic E-state index is 12.3. The van der Waals surface area contributed by atoms with Gasteiger partial charge in [0.25, 0.3) is 0 Å². The Kier molecular flexibility index (Phi) is 4.77. The van der Waals surface area contributed by atoms with E-state index in [9.17, 15) is 13.2 Å². The summed E-state index contributed by atoms with van der Waals surface area (Å²) in [7, 11) is 0. The first-order chi connectivity index (χ1) is 9.48. The number of anilines is 1. The average molecular weight is 289 g/mol. The van der Waals surface area contributed by atoms with Gasteiger partial charge in [-0.25, -0.2) is 9.97 Å². The number of nitrogens with two attached hydrogens (primary N) is 1. The average Bonchev–Trinajstić information content (AvgIpc) is 2.39. The largest absolute Gasteiger partial charge is 0.401 e. The lowest BCUT2D eigenvalue weighted by atomic mass is 10.2. The summed E-state index contributed by atoms with van der Waals surface area (Å²) in [6.45, 7) is 1.44. The number of halogens is 3. The zero-order valence-corrected chi connectivity index (χ0v) is 11.1. The zero-order valence-electron chi connectivity index (χ0n) is 11.1. The van der Waals surface area contributed by atoms with E-state index in [1.54, 1.807) is 12.4 Å². The van der Waals surface area contributed by atoms with Gasteiger partial charge in [-0.15, -0.1) is 0 Å². The van der Waals surface area contributed by atoms with Crippen molar-refractivity contribution in [3.8, 4) is 0 Å². The van der Waals surface area contributed by atoms with Gasteiger partial charge in [-0.2, -0.15) is 13.2 Å². The molecule has 0 saturated carbocycles. The van der Waals surface area contributed by atoms with Crippen LogP contribution in [0.1, 0.15) is 5.56 Å². The van der Waals surface area contributed by atoms with Crippen LogP contribution in [0.3, 0.4) is 0 Å². The van der Waals surface area contributed by atoms with Gasteiger partial charge in [0, 0.05) is 38.6 Å². The fraction of sp³-hybridized carbons (Fsp3) is 0.667. The van der Waals surface area contributed by atoms with Crippen molar-refractivity contribution in [1.82, 2.24) is 14.9 Å². The Hall–Kier alpha value is -1.41. The number of hydrogen-bond donors (Lipinski definition) is 1. The van der Waals surface area contributed by atoms with Gasteiger partial charge in [-0.05, 0) is 18.5 Å². The molecular weight excluding hydrogens is 271 g/mol. The first kappa shape index (κ1) is 15.0. The molecule has 5 nitrogen and oxygen atoms in total. The van der Waals surface area contributed by atoms with Crippen LogP contribution in [-0.2, 0) is 6.42 Å². The summed E-state index contributed by atoms with van der Waals surface area (Å²) >= 11 is 0. The molecule has 2 rings (SSSR count). The predicted octanol–water partition coefficient (Wildman–Crippen LogP) is 0.662. The molecule has 1 aromatic heterocycles. The van der Waals surface area contributed by atoms with E-state index in [-0.39, 0.29) is 0 Å². The summed E-state index contributed by atoms with van der Waals surface area (Å²) < 4.78 is 36.9. The molecule has 1 aliphatic rings. The van der Waals surface area contributed by atoms with Crippen LogP contribution in [0.5, 0.6) is 0 Å². The number of alkyl halides is 3. The minimum Gasteiger partial charge on any atom is -0.338 e. The van der Waals surface area contributed by atoms with Crippen LogP contribution in [0.2, 0.25) is 0 Å². The minimum absolute atomic E-state index is 0.368. The van der Waals surface area contributed by atoms with E-state index in [1.165, 1.54) is 4.90 Å². The van der Waals surface area contributed by atoms with Gasteiger partial charge in [0.15, 0.2) is 0 Å². The van der Waals surface area contributed by atoms with Crippen molar-refractivity contribution < 1.29 is 13.2 Å². The standard InChI is InChI=1S/C12H18F3N5/c13-12(14,15)9-19-3-5-20(6-4-19)11-17-7-10(1-2-16)8-18-11/h7-8H,1-6,9,16H2. The molecule has 2 heterocycles. The first-order valence-electron chi connectivity index (χ1n) is 6.53. The van der Waals surface area contributed by atoms with E-state index in [0.717, 1.165) is 12.0 Å². The minimum atomic E-state index is -4.14. The highest BCUT2D eigenvalue weighted by Gasteiger charge is 2.32. The van der Waals surface area contributed by atoms with Crippen molar-refractivity contribution in [1.29, 1.82) is 0 Å². The summed E-state index contributed by atoms with van der Waals surface area (Å²) in [6, 6.07) is 0. The van der Waals surface area contributed by atoms with E-state index in [1.807, 2.05) is 4.90 Å². The predicted molar refractivity (Wildman–Crippen MR) is 69.5 cm³/mol. The Balaban J connectivity index is 1.87. The molecule has 0 radical (unpaired) electrons. The van der Waals surface area contributed by atoms with Crippen LogP contribution >= 0.6 is 0 Å². The lowest BCUT2D eigenvalue weighted by molar-refractivity contribution is -0.146. The van der Waals surface area contributed by atoms with Crippen molar-refractivity contribution in [2.24, 2.45) is 5.73 Å². The quantitative estimate of drug-likeness (QED) is 0.882. The van der Waals surface area contributed by atoms with Gasteiger partial charge in [0.05, 0.1) is 6.54 Å². The number of piperazine rings is 1. The van der Waals surface area contributed by atoms with Crippen LogP contribution in [0.4, 0.5) is 19.1 Å². The Morgan fingerprint density at radius 3 is 2.20 bits per heavy atom. The Morgan fingerprint density at radius 2 is 1.70 bits per heavy atom. The van der Waals surface area contributed by atoms with E-state index < -0.39 is 12.7 Å². The second-order valence-electron chi connectivity index (χ2n) is 4.81. The SMILES string of the molecule is NCCc1cnc(N2CCN(CC(F)(F)F)CC2)nc1. The molecule has 2 N–H and O–H groups in total. The molecule has 0 spiro atoms. The van der Waals surface area contributed by atoms with Crippen molar-refractivity contribution in [3.63, 3.8) is 0 Å². The molecule has 1 saturated heterocycles. The van der Waals surface area contributed by atoms with Gasteiger partial charge >= 0.3 is 6.18 Å². The highest BCUT2D eigenvalue weighted by Crippen LogP contribution is 2.18. The Labute approximate surface area is 115 Å². The maximum atomic E-state index is 12.3. The van der Waals surface area contributed by atoms with Crippen LogP contribution in [0, 0.1) is 0 Å². The molecule has 0 aromatic carbocycles. The number of aromatic nitrogens is 2. The highest BCUT2D eigenvalue weighted by atomic mass is 19.4. The molecule has 0 atom stereocenters. The molecule has 20 heavy (non-hydrogen) atoms. The summed E-state index contributed by atoms with van der Waals surface area (Å²) in [5.74, 6) is 0.567. The molecule has 1 aliphatic heterocycles. The number of hydrogen-bond acceptors (Lipinski definition) is 5. The molecule has 0 bridgehead atoms. The molecular formula is C12H18F3N5. The highest BCUT2D eigenvalue weighted by molar-refractivity contribution is 5.30. The molecule has 1 fully saturated rings. The van der Waals surface area contributed by atoms with Crippen LogP contribution in [0.25, 0.3) is 0 Å². The van der Waals surface area contributed by atoms with Crippen LogP contribution < -0.4 is 10.6 Å². The van der Waals surface area contributed by atoms with Gasteiger partial charge in [-0.1, -0.05) is 0 Å². The topological polar surface area (TPSA) is 58.3 Å². The first-order valence-corrected chi connectivity index (χ1v) is 6.53. The molecule has 0 unspecified atom stereocenters. The fourth-order valence-electron chi connectivity index (χ4n) is 2.17. The van der Waals surface area contributed by atoms with E-state index >= 15 is 0 Å². The van der Waals surface area contributed by atoms with Gasteiger partial charge in [-0.3, -0.25) is 4.90 Å². The lowest BCUT2D eigenvalue weighted by Gasteiger charge is -2.34. The van der Waals surface area contributed by atoms with Gasteiger partial charge in [0.1, 0.15) is 0 Å². The number of nitrogens with zero attached hydrogens (tertiary/aromatic N) is 4. The molecule has 0 aliphatic carbocycles. The van der Waals surface area contributed by atoms with Crippen molar-refractivity contribution in [2.45, 2.75) is 12.6 Å². The van der Waals surface area contributed by atoms with E-state index in [2.05, 4.69) is 9.97 Å². The number of rotatable bonds is 4. The molecule has 0 amide bonds. The zero-order chi connectivity index (χ0) is 14.6. The third-order valence-electron chi connectivity index (χ3n) is 3.18. The smallest absolute Gasteiger partial charge is 0.338 e. The second-order valence-corrected chi connectivity index (χ2v) is 4.81. The van der Waals surface area contributed by atoms with Gasteiger partial charge < -0.3 is 10.6 Å². The summed E-state index contributed by atoms with van der Waals surface area (Å²) in [6.07, 6.45) is 0.0245. The van der Waals surface area contributed by atoms with Crippen LogP contribution in [-0.4, -0.2) is 60.3 Å². The Morgan fingerprint density at radius 1 is 1.10 bits per heavy atom. The summed E-state index contributed by atoms with van der Waals surface area (Å²) in [5.41, 5.74) is 6.41. The second kappa shape index (κ2) is 6.36. The molecule has 1 aromatic rings. The normalized spacial score (nSPS) is 17.5. The maximum Gasteiger partial charge on any atom is 0.401 e. The van der Waals surface area contributed by atoms with Crippen LogP contribution in [0.15, 0.2) is 12.4 Å². The van der Waals surface area contributed by atoms with Crippen molar-refractivity contribution in [2.75, 3.05) is 44.2 Å². The summed E-state index contributed by atoms with van der Waals surface area (Å²) in [4.78, 5) is 11.8. The molecule has 112 valence electrons. The summed E-state index contributed by atoms with van der Waals surface area (Å²) in [5, 5.41) is 0. The van der Waals surface area contributed by atoms with E-state index in [0.29, 0.717) is 38.7 Å². The third kappa shape index (κ3) is 4.31. The van der Waals surface area contributed by atoms with E-state index in [4.69, 9.17) is 5.73 Å². The lowest BCUT2D eigenvalue weighted by Crippen LogP contribution is -2.49. The van der Waals surface area contributed by atoms with Crippen molar-refractivity contribution >= 4 is 5.95 Å². The fourth-order valence-corrected chi connectivity index (χ4v) is 2.17. The Bertz CT molecular complexity index is 412. The molecule has 8 heteroatoms. The van der Waals surface area contributed by atoms with Crippen molar-refractivity contribution in [3.05, 3.63) is 18.0 Å². The third-order valence-corrected chi connectivity index (χ3v) is 3.18. The van der Waals surface area contributed by atoms with Gasteiger partial charge in [0.2, 0.25) is 5.95 Å². The monoisotopic (exact) mass is 289 g/mol.